The number of imidazole rings is 1. The number of rotatable bonds is 2. The van der Waals surface area contributed by atoms with Gasteiger partial charge >= 0.3 is 0 Å². The third-order valence-corrected chi connectivity index (χ3v) is 2.25. The number of nitrogens with one attached hydrogen (secondary N) is 2. The van der Waals surface area contributed by atoms with Crippen LogP contribution in [0.2, 0.25) is 5.02 Å². The number of H-pyrrole nitrogens is 1. The van der Waals surface area contributed by atoms with Gasteiger partial charge in [-0.2, -0.15) is 0 Å². The zero-order valence-corrected chi connectivity index (χ0v) is 9.38. The van der Waals surface area contributed by atoms with E-state index in [1.807, 2.05) is 6.92 Å². The highest BCUT2D eigenvalue weighted by atomic mass is 35.5. The number of aryl methyl sites for hydroxylation is 1. The van der Waals surface area contributed by atoms with Gasteiger partial charge in [-0.05, 0) is 30.7 Å². The van der Waals surface area contributed by atoms with Gasteiger partial charge in [-0.15, -0.1) is 0 Å². The van der Waals surface area contributed by atoms with Crippen molar-refractivity contribution in [2.75, 3.05) is 5.32 Å². The van der Waals surface area contributed by atoms with Crippen LogP contribution in [0, 0.1) is 6.92 Å². The number of aromatic nitrogens is 2. The number of carbonyl (C=O) groups excluding carboxylic acids is 1. The lowest BCUT2D eigenvalue weighted by molar-refractivity contribution is 0.102. The molecule has 2 rings (SSSR count). The topological polar surface area (TPSA) is 57.8 Å². The molecule has 0 saturated heterocycles. The first-order valence-corrected chi connectivity index (χ1v) is 5.11. The molecule has 1 aromatic carbocycles. The van der Waals surface area contributed by atoms with E-state index in [9.17, 15) is 4.79 Å². The highest BCUT2D eigenvalue weighted by molar-refractivity contribution is 6.31. The van der Waals surface area contributed by atoms with Crippen LogP contribution in [0.5, 0.6) is 0 Å². The number of aromatic amines is 1. The Bertz CT molecular complexity index is 488. The third kappa shape index (κ3) is 2.41. The number of halogens is 1. The van der Waals surface area contributed by atoms with Gasteiger partial charge in [0.25, 0.3) is 5.91 Å². The Labute approximate surface area is 97.7 Å². The lowest BCUT2D eigenvalue weighted by atomic mass is 10.1. The molecule has 0 saturated carbocycles. The minimum atomic E-state index is -0.236. The average Bonchev–Trinajstić information content (AvgIpc) is 2.68. The lowest BCUT2D eigenvalue weighted by Gasteiger charge is -2.03. The van der Waals surface area contributed by atoms with Crippen molar-refractivity contribution in [3.63, 3.8) is 0 Å². The molecule has 0 aliphatic rings. The minimum Gasteiger partial charge on any atom is -0.331 e. The second-order valence-electron chi connectivity index (χ2n) is 3.41. The van der Waals surface area contributed by atoms with Crippen LogP contribution >= 0.6 is 11.6 Å². The van der Waals surface area contributed by atoms with Crippen LogP contribution in [-0.2, 0) is 0 Å². The Balaban J connectivity index is 2.21. The van der Waals surface area contributed by atoms with Gasteiger partial charge in [0.2, 0.25) is 5.95 Å². The van der Waals surface area contributed by atoms with Crippen LogP contribution in [0.25, 0.3) is 0 Å². The highest BCUT2D eigenvalue weighted by Gasteiger charge is 2.08. The van der Waals surface area contributed by atoms with Crippen LogP contribution in [0.15, 0.2) is 30.6 Å². The van der Waals surface area contributed by atoms with Gasteiger partial charge in [0.05, 0.1) is 0 Å². The first-order chi connectivity index (χ1) is 7.65. The zero-order valence-electron chi connectivity index (χ0n) is 8.62. The molecule has 0 atom stereocenters. The number of hydrogen-bond donors (Lipinski definition) is 2. The van der Waals surface area contributed by atoms with Crippen LogP contribution in [0.3, 0.4) is 0 Å². The van der Waals surface area contributed by atoms with E-state index in [2.05, 4.69) is 15.3 Å². The largest absolute Gasteiger partial charge is 0.331 e. The smallest absolute Gasteiger partial charge is 0.258 e. The standard InChI is InChI=1S/C11H10ClN3O/c1-7-4-8(6-9(12)5-7)10(16)15-11-13-2-3-14-11/h2-6H,1H3,(H2,13,14,15,16). The quantitative estimate of drug-likeness (QED) is 0.841. The van der Waals surface area contributed by atoms with E-state index in [1.54, 1.807) is 30.6 Å². The first kappa shape index (κ1) is 10.7. The van der Waals surface area contributed by atoms with E-state index in [-0.39, 0.29) is 5.91 Å². The van der Waals surface area contributed by atoms with Crippen molar-refractivity contribution in [1.82, 2.24) is 9.97 Å². The summed E-state index contributed by atoms with van der Waals surface area (Å²) in [4.78, 5) is 18.5. The van der Waals surface area contributed by atoms with Crippen LogP contribution in [0.1, 0.15) is 15.9 Å². The Hall–Kier alpha value is -1.81. The van der Waals surface area contributed by atoms with Crippen molar-refractivity contribution >= 4 is 23.5 Å². The maximum absolute atomic E-state index is 11.8. The molecule has 2 aromatic rings. The van der Waals surface area contributed by atoms with E-state index < -0.39 is 0 Å². The molecule has 0 aliphatic heterocycles. The molecule has 4 nitrogen and oxygen atoms in total. The molecule has 0 spiro atoms. The third-order valence-electron chi connectivity index (χ3n) is 2.03. The van der Waals surface area contributed by atoms with Crippen molar-refractivity contribution in [3.05, 3.63) is 46.7 Å². The number of anilines is 1. The number of carbonyl (C=O) groups is 1. The van der Waals surface area contributed by atoms with Gasteiger partial charge in [0.15, 0.2) is 0 Å². The Morgan fingerprint density at radius 2 is 2.25 bits per heavy atom. The van der Waals surface area contributed by atoms with E-state index in [0.29, 0.717) is 16.5 Å². The normalized spacial score (nSPS) is 10.1. The van der Waals surface area contributed by atoms with E-state index in [0.717, 1.165) is 5.56 Å². The SMILES string of the molecule is Cc1cc(Cl)cc(C(=O)Nc2ncc[nH]2)c1. The molecule has 16 heavy (non-hydrogen) atoms. The minimum absolute atomic E-state index is 0.236. The summed E-state index contributed by atoms with van der Waals surface area (Å²) in [5.41, 5.74) is 1.46. The Morgan fingerprint density at radius 3 is 2.88 bits per heavy atom. The fraction of sp³-hybridized carbons (Fsp3) is 0.0909. The van der Waals surface area contributed by atoms with Gasteiger partial charge < -0.3 is 4.98 Å². The first-order valence-electron chi connectivity index (χ1n) is 4.73. The fourth-order valence-electron chi connectivity index (χ4n) is 1.38. The summed E-state index contributed by atoms with van der Waals surface area (Å²) < 4.78 is 0. The van der Waals surface area contributed by atoms with Crippen molar-refractivity contribution < 1.29 is 4.79 Å². The number of hydrogen-bond acceptors (Lipinski definition) is 2. The number of benzene rings is 1. The van der Waals surface area contributed by atoms with E-state index in [1.165, 1.54) is 0 Å². The van der Waals surface area contributed by atoms with E-state index in [4.69, 9.17) is 11.6 Å². The predicted octanol–water partition coefficient (Wildman–Crippen LogP) is 2.62. The molecular weight excluding hydrogens is 226 g/mol. The van der Waals surface area contributed by atoms with Gasteiger partial charge in [-0.1, -0.05) is 11.6 Å². The van der Waals surface area contributed by atoms with E-state index >= 15 is 0 Å². The molecule has 5 heteroatoms. The van der Waals surface area contributed by atoms with Crippen molar-refractivity contribution in [3.8, 4) is 0 Å². The molecule has 0 unspecified atom stereocenters. The summed E-state index contributed by atoms with van der Waals surface area (Å²) in [6, 6.07) is 5.18. The maximum Gasteiger partial charge on any atom is 0.258 e. The lowest BCUT2D eigenvalue weighted by Crippen LogP contribution is -2.13. The summed E-state index contributed by atoms with van der Waals surface area (Å²) >= 11 is 5.87. The van der Waals surface area contributed by atoms with Gasteiger partial charge in [-0.25, -0.2) is 4.98 Å². The fourth-order valence-corrected chi connectivity index (χ4v) is 1.67. The molecular formula is C11H10ClN3O. The number of nitrogens with zero attached hydrogens (tertiary/aromatic N) is 1. The van der Waals surface area contributed by atoms with Gasteiger partial charge in [0.1, 0.15) is 0 Å². The Morgan fingerprint density at radius 1 is 1.44 bits per heavy atom. The second-order valence-corrected chi connectivity index (χ2v) is 3.85. The predicted molar refractivity (Wildman–Crippen MR) is 62.7 cm³/mol. The maximum atomic E-state index is 11.8. The summed E-state index contributed by atoms with van der Waals surface area (Å²) in [5, 5.41) is 3.17. The molecule has 0 radical (unpaired) electrons. The highest BCUT2D eigenvalue weighted by Crippen LogP contribution is 2.15. The van der Waals surface area contributed by atoms with Crippen molar-refractivity contribution in [2.24, 2.45) is 0 Å². The molecule has 1 amide bonds. The summed E-state index contributed by atoms with van der Waals surface area (Å²) in [7, 11) is 0. The molecule has 0 fully saturated rings. The van der Waals surface area contributed by atoms with Gasteiger partial charge in [0, 0.05) is 23.0 Å². The molecule has 1 aromatic heterocycles. The van der Waals surface area contributed by atoms with Crippen molar-refractivity contribution in [1.29, 1.82) is 0 Å². The molecule has 0 bridgehead atoms. The van der Waals surface area contributed by atoms with Crippen LogP contribution in [-0.4, -0.2) is 15.9 Å². The Kier molecular flexibility index (Phi) is 2.92. The number of amides is 1. The van der Waals surface area contributed by atoms with Crippen LogP contribution in [0.4, 0.5) is 5.95 Å². The summed E-state index contributed by atoms with van der Waals surface area (Å²) in [6.07, 6.45) is 3.21. The average molecular weight is 236 g/mol. The van der Waals surface area contributed by atoms with Crippen LogP contribution < -0.4 is 5.32 Å². The molecule has 2 N–H and O–H groups in total. The monoisotopic (exact) mass is 235 g/mol. The molecule has 1 heterocycles. The van der Waals surface area contributed by atoms with Crippen molar-refractivity contribution in [2.45, 2.75) is 6.92 Å². The zero-order chi connectivity index (χ0) is 11.5. The molecule has 82 valence electrons. The summed E-state index contributed by atoms with van der Waals surface area (Å²) in [5.74, 6) is 0.183. The molecule has 0 aliphatic carbocycles. The summed E-state index contributed by atoms with van der Waals surface area (Å²) in [6.45, 7) is 1.88. The second kappa shape index (κ2) is 4.37. The van der Waals surface area contributed by atoms with Gasteiger partial charge in [-0.3, -0.25) is 10.1 Å².